The van der Waals surface area contributed by atoms with Crippen molar-refractivity contribution in [2.45, 2.75) is 271 Å². The van der Waals surface area contributed by atoms with Crippen molar-refractivity contribution >= 4 is 17.9 Å². The van der Waals surface area contributed by atoms with Crippen LogP contribution in [0.3, 0.4) is 0 Å². The van der Waals surface area contributed by atoms with Gasteiger partial charge < -0.3 is 14.2 Å². The van der Waals surface area contributed by atoms with Gasteiger partial charge in [0.2, 0.25) is 0 Å². The Morgan fingerprint density at radius 1 is 0.288 bits per heavy atom. The van der Waals surface area contributed by atoms with Gasteiger partial charge in [-0.3, -0.25) is 14.4 Å². The average molecular weight is 1010 g/mol. The minimum absolute atomic E-state index is 0.108. The number of unbranched alkanes of at least 4 members (excludes halogenated alkanes) is 22. The van der Waals surface area contributed by atoms with Gasteiger partial charge in [-0.25, -0.2) is 0 Å². The fraction of sp³-hybridized carbons (Fsp3) is 0.657. The van der Waals surface area contributed by atoms with E-state index in [4.69, 9.17) is 14.2 Å². The lowest BCUT2D eigenvalue weighted by atomic mass is 10.1. The molecular weight excluding hydrogens is 901 g/mol. The molecule has 0 spiro atoms. The van der Waals surface area contributed by atoms with Crippen LogP contribution >= 0.6 is 0 Å². The quantitative estimate of drug-likeness (QED) is 0.0261. The Bertz CT molecular complexity index is 1540. The Hall–Kier alpha value is -4.19. The number of allylic oxidation sites excluding steroid dienone is 20. The van der Waals surface area contributed by atoms with E-state index < -0.39 is 6.10 Å². The van der Waals surface area contributed by atoms with E-state index in [-0.39, 0.29) is 37.5 Å². The first-order chi connectivity index (χ1) is 36.0. The molecule has 6 nitrogen and oxygen atoms in total. The highest BCUT2D eigenvalue weighted by Gasteiger charge is 2.19. The summed E-state index contributed by atoms with van der Waals surface area (Å²) in [5.41, 5.74) is 0. The standard InChI is InChI=1S/C67H110O6/c1-4-7-10-13-16-19-22-25-28-31-32-33-34-35-36-37-40-42-45-48-51-54-57-60-66(69)72-63-64(73-67(70)61-58-55-52-49-46-43-39-30-27-24-21-18-15-12-9-6-3)62-71-65(68)59-56-53-50-47-44-41-38-29-26-23-20-17-14-11-8-5-2/h7,10,16,19,21,24-25,28-30,32-33,35-36,38-40,42,48,51,64H,4-6,8-9,11-15,17-18,20,22-23,26-27,31,34,37,41,43-47,49-50,52-63H2,1-3H3/b10-7-,19-16-,24-21-,28-25-,33-32-,36-35-,38-29-,39-30-,42-40-,51-48-. The van der Waals surface area contributed by atoms with Crippen LogP contribution in [-0.4, -0.2) is 37.2 Å². The molecule has 0 aliphatic carbocycles. The van der Waals surface area contributed by atoms with Crippen LogP contribution in [-0.2, 0) is 28.6 Å². The summed E-state index contributed by atoms with van der Waals surface area (Å²) in [6.45, 7) is 6.44. The number of rotatable bonds is 53. The lowest BCUT2D eigenvalue weighted by Gasteiger charge is -2.18. The molecule has 0 aromatic carbocycles. The molecule has 1 unspecified atom stereocenters. The van der Waals surface area contributed by atoms with Crippen molar-refractivity contribution in [1.29, 1.82) is 0 Å². The summed E-state index contributed by atoms with van der Waals surface area (Å²) in [4.78, 5) is 38.2. The molecule has 0 aromatic heterocycles. The second kappa shape index (κ2) is 60.4. The summed E-state index contributed by atoms with van der Waals surface area (Å²) >= 11 is 0. The fourth-order valence-electron chi connectivity index (χ4n) is 7.93. The number of carbonyl (C=O) groups excluding carboxylic acids is 3. The minimum Gasteiger partial charge on any atom is -0.462 e. The van der Waals surface area contributed by atoms with E-state index in [1.165, 1.54) is 89.9 Å². The Balaban J connectivity index is 4.52. The van der Waals surface area contributed by atoms with Crippen molar-refractivity contribution in [2.75, 3.05) is 13.2 Å². The molecule has 0 radical (unpaired) electrons. The van der Waals surface area contributed by atoms with Gasteiger partial charge in [-0.1, -0.05) is 239 Å². The van der Waals surface area contributed by atoms with Gasteiger partial charge in [0.05, 0.1) is 0 Å². The van der Waals surface area contributed by atoms with Crippen molar-refractivity contribution in [3.63, 3.8) is 0 Å². The Kier molecular flexibility index (Phi) is 56.9. The van der Waals surface area contributed by atoms with Crippen LogP contribution in [0.1, 0.15) is 265 Å². The maximum Gasteiger partial charge on any atom is 0.306 e. The van der Waals surface area contributed by atoms with E-state index in [0.717, 1.165) is 128 Å². The number of ether oxygens (including phenoxy) is 3. The number of carbonyl (C=O) groups is 3. The average Bonchev–Trinajstić information content (AvgIpc) is 3.39. The van der Waals surface area contributed by atoms with Crippen LogP contribution in [0.4, 0.5) is 0 Å². The van der Waals surface area contributed by atoms with Gasteiger partial charge >= 0.3 is 17.9 Å². The Labute approximate surface area is 450 Å². The number of hydrogen-bond acceptors (Lipinski definition) is 6. The van der Waals surface area contributed by atoms with Gasteiger partial charge in [-0.15, -0.1) is 0 Å². The zero-order chi connectivity index (χ0) is 52.9. The molecule has 6 heteroatoms. The van der Waals surface area contributed by atoms with E-state index in [9.17, 15) is 14.4 Å². The SMILES string of the molecule is CC/C=C\C/C=C\C/C=C\C/C=C\C/C=C\C/C=C\C/C=C\CCCC(=O)OCC(COC(=O)CCCCCCC/C=C\CCCCCCCCC)OC(=O)CCCCCCC/C=C\C/C=C\CCCCCC. The van der Waals surface area contributed by atoms with E-state index in [1.807, 2.05) is 0 Å². The fourth-order valence-corrected chi connectivity index (χ4v) is 7.93. The lowest BCUT2D eigenvalue weighted by Crippen LogP contribution is -2.30. The first kappa shape index (κ1) is 68.8. The highest BCUT2D eigenvalue weighted by molar-refractivity contribution is 5.71. The molecule has 414 valence electrons. The zero-order valence-corrected chi connectivity index (χ0v) is 47.4. The summed E-state index contributed by atoms with van der Waals surface area (Å²) in [6.07, 6.45) is 83.4. The van der Waals surface area contributed by atoms with E-state index in [1.54, 1.807) is 0 Å². The van der Waals surface area contributed by atoms with Gasteiger partial charge in [-0.2, -0.15) is 0 Å². The smallest absolute Gasteiger partial charge is 0.306 e. The highest BCUT2D eigenvalue weighted by Crippen LogP contribution is 2.14. The summed E-state index contributed by atoms with van der Waals surface area (Å²) in [5.74, 6) is -0.991. The first-order valence-electron chi connectivity index (χ1n) is 30.0. The molecule has 0 aliphatic heterocycles. The molecular formula is C67H110O6. The summed E-state index contributed by atoms with van der Waals surface area (Å²) in [5, 5.41) is 0. The number of hydrogen-bond donors (Lipinski definition) is 0. The third kappa shape index (κ3) is 58.6. The molecule has 0 fully saturated rings. The van der Waals surface area contributed by atoms with Gasteiger partial charge in [0, 0.05) is 19.3 Å². The van der Waals surface area contributed by atoms with E-state index >= 15 is 0 Å². The van der Waals surface area contributed by atoms with Gasteiger partial charge in [0.25, 0.3) is 0 Å². The van der Waals surface area contributed by atoms with Crippen LogP contribution < -0.4 is 0 Å². The largest absolute Gasteiger partial charge is 0.462 e. The predicted octanol–water partition coefficient (Wildman–Crippen LogP) is 20.4. The second-order valence-electron chi connectivity index (χ2n) is 19.5. The maximum absolute atomic E-state index is 12.9. The topological polar surface area (TPSA) is 78.9 Å². The van der Waals surface area contributed by atoms with Crippen LogP contribution in [0.25, 0.3) is 0 Å². The maximum atomic E-state index is 12.9. The molecule has 73 heavy (non-hydrogen) atoms. The minimum atomic E-state index is -0.816. The lowest BCUT2D eigenvalue weighted by molar-refractivity contribution is -0.167. The molecule has 0 amide bonds. The molecule has 0 N–H and O–H groups in total. The highest BCUT2D eigenvalue weighted by atomic mass is 16.6. The monoisotopic (exact) mass is 1010 g/mol. The molecule has 0 saturated carbocycles. The third-order valence-electron chi connectivity index (χ3n) is 12.4. The van der Waals surface area contributed by atoms with Crippen molar-refractivity contribution < 1.29 is 28.6 Å². The first-order valence-corrected chi connectivity index (χ1v) is 30.0. The van der Waals surface area contributed by atoms with Crippen molar-refractivity contribution in [3.05, 3.63) is 122 Å². The molecule has 0 aliphatic rings. The van der Waals surface area contributed by atoms with Gasteiger partial charge in [-0.05, 0) is 128 Å². The molecule has 0 aromatic rings. The molecule has 0 saturated heterocycles. The third-order valence-corrected chi connectivity index (χ3v) is 12.4. The van der Waals surface area contributed by atoms with Crippen LogP contribution in [0.15, 0.2) is 122 Å². The normalized spacial score (nSPS) is 13.0. The van der Waals surface area contributed by atoms with E-state index in [2.05, 4.69) is 142 Å². The summed E-state index contributed by atoms with van der Waals surface area (Å²) in [7, 11) is 0. The number of esters is 3. The van der Waals surface area contributed by atoms with Crippen molar-refractivity contribution in [1.82, 2.24) is 0 Å². The Morgan fingerprint density at radius 2 is 0.548 bits per heavy atom. The summed E-state index contributed by atoms with van der Waals surface area (Å²) in [6, 6.07) is 0. The van der Waals surface area contributed by atoms with Crippen LogP contribution in [0.2, 0.25) is 0 Å². The van der Waals surface area contributed by atoms with Gasteiger partial charge in [0.1, 0.15) is 13.2 Å². The molecule has 0 bridgehead atoms. The van der Waals surface area contributed by atoms with Crippen molar-refractivity contribution in [2.24, 2.45) is 0 Å². The zero-order valence-electron chi connectivity index (χ0n) is 47.4. The molecule has 0 rings (SSSR count). The van der Waals surface area contributed by atoms with E-state index in [0.29, 0.717) is 19.3 Å². The van der Waals surface area contributed by atoms with Crippen LogP contribution in [0.5, 0.6) is 0 Å². The molecule has 1 atom stereocenters. The molecule has 0 heterocycles. The van der Waals surface area contributed by atoms with Crippen molar-refractivity contribution in [3.8, 4) is 0 Å². The second-order valence-corrected chi connectivity index (χ2v) is 19.5. The Morgan fingerprint density at radius 3 is 0.918 bits per heavy atom. The predicted molar refractivity (Wildman–Crippen MR) is 316 cm³/mol. The van der Waals surface area contributed by atoms with Crippen LogP contribution in [0, 0.1) is 0 Å². The van der Waals surface area contributed by atoms with Gasteiger partial charge in [0.15, 0.2) is 6.10 Å². The summed E-state index contributed by atoms with van der Waals surface area (Å²) < 4.78 is 16.8.